The molecule has 2 rings (SSSR count). The van der Waals surface area contributed by atoms with E-state index in [1.807, 2.05) is 6.07 Å². The van der Waals surface area contributed by atoms with E-state index in [2.05, 4.69) is 0 Å². The molecule has 0 atom stereocenters. The fourth-order valence-corrected chi connectivity index (χ4v) is 1.52. The Bertz CT molecular complexity index is 563. The average molecular weight is 255 g/mol. The van der Waals surface area contributed by atoms with E-state index in [4.69, 9.17) is 9.47 Å². The van der Waals surface area contributed by atoms with Crippen LogP contribution < -0.4 is 9.47 Å². The molecule has 0 saturated carbocycles. The largest absolute Gasteiger partial charge is 0.484 e. The minimum absolute atomic E-state index is 0.227. The van der Waals surface area contributed by atoms with Crippen LogP contribution in [0.25, 0.3) is 0 Å². The molecule has 0 aliphatic carbocycles. The Kier molecular flexibility index (Phi) is 4.29. The van der Waals surface area contributed by atoms with Crippen LogP contribution in [0, 0.1) is 0 Å². The first-order valence-electron chi connectivity index (χ1n) is 5.65. The lowest BCUT2D eigenvalue weighted by molar-refractivity contribution is 0.0731. The Morgan fingerprint density at radius 3 is 2.42 bits per heavy atom. The van der Waals surface area contributed by atoms with Gasteiger partial charge in [0.25, 0.3) is 0 Å². The van der Waals surface area contributed by atoms with Crippen LogP contribution in [-0.4, -0.2) is 18.9 Å². The average Bonchev–Trinajstić information content (AvgIpc) is 2.46. The van der Waals surface area contributed by atoms with Crippen LogP contribution >= 0.6 is 0 Å². The van der Waals surface area contributed by atoms with Crippen LogP contribution in [0.4, 0.5) is 0 Å². The van der Waals surface area contributed by atoms with Gasteiger partial charge in [-0.05, 0) is 24.3 Å². The zero-order chi connectivity index (χ0) is 13.5. The molecule has 0 amide bonds. The molecule has 0 aliphatic rings. The van der Waals surface area contributed by atoms with Gasteiger partial charge < -0.3 is 9.47 Å². The summed E-state index contributed by atoms with van der Waals surface area (Å²) in [4.78, 5) is 22.2. The maximum absolute atomic E-state index is 12.0. The molecule has 4 nitrogen and oxygen atoms in total. The second kappa shape index (κ2) is 6.35. The third-order valence-electron chi connectivity index (χ3n) is 2.35. The minimum Gasteiger partial charge on any atom is -0.484 e. The topological polar surface area (TPSA) is 52.6 Å². The lowest BCUT2D eigenvalue weighted by atomic mass is 10.2. The van der Waals surface area contributed by atoms with Crippen LogP contribution in [-0.2, 0) is 4.79 Å². The number of para-hydroxylation sites is 2. The van der Waals surface area contributed by atoms with E-state index in [1.54, 1.807) is 54.8 Å². The van der Waals surface area contributed by atoms with Gasteiger partial charge in [0.05, 0.1) is 0 Å². The highest BCUT2D eigenvalue weighted by molar-refractivity contribution is 5.94. The summed E-state index contributed by atoms with van der Waals surface area (Å²) in [6.07, 6.45) is 1.61. The summed E-state index contributed by atoms with van der Waals surface area (Å²) in [5.74, 6) is 0.212. The summed E-state index contributed by atoms with van der Waals surface area (Å²) in [7, 11) is 0. The van der Waals surface area contributed by atoms with Crippen molar-refractivity contribution in [3.63, 3.8) is 0 Å². The summed E-state index contributed by atoms with van der Waals surface area (Å²) < 4.78 is 10.3. The Hall–Kier alpha value is -2.62. The van der Waals surface area contributed by atoms with E-state index in [-0.39, 0.29) is 12.2 Å². The second-order valence-corrected chi connectivity index (χ2v) is 3.63. The molecule has 0 heterocycles. The Morgan fingerprint density at radius 1 is 1.00 bits per heavy atom. The lowest BCUT2D eigenvalue weighted by Gasteiger charge is -2.08. The van der Waals surface area contributed by atoms with E-state index in [1.165, 1.54) is 0 Å². The zero-order valence-electron chi connectivity index (χ0n) is 10.0. The molecule has 0 spiro atoms. The van der Waals surface area contributed by atoms with Gasteiger partial charge in [-0.2, -0.15) is 0 Å². The molecule has 4 heteroatoms. The molecule has 0 saturated heterocycles. The van der Waals surface area contributed by atoms with Gasteiger partial charge in [0.2, 0.25) is 6.29 Å². The number of hydrogen-bond acceptors (Lipinski definition) is 4. The monoisotopic (exact) mass is 255 g/mol. The van der Waals surface area contributed by atoms with Crippen molar-refractivity contribution in [2.24, 2.45) is 0 Å². The molecule has 0 fully saturated rings. The minimum atomic E-state index is -0.535. The summed E-state index contributed by atoms with van der Waals surface area (Å²) in [6, 6.07) is 15.3. The van der Waals surface area contributed by atoms with Gasteiger partial charge in [-0.3, -0.25) is 4.79 Å². The van der Waals surface area contributed by atoms with Crippen molar-refractivity contribution in [1.29, 1.82) is 0 Å². The maximum atomic E-state index is 12.0. The molecule has 0 bridgehead atoms. The first kappa shape index (κ1) is 12.8. The van der Waals surface area contributed by atoms with Crippen LogP contribution in [0.3, 0.4) is 0 Å². The molecule has 95 valence electrons. The number of ether oxygens (including phenoxy) is 2. The number of esters is 1. The first-order chi connectivity index (χ1) is 9.31. The van der Waals surface area contributed by atoms with E-state index in [0.717, 1.165) is 0 Å². The molecule has 2 aromatic carbocycles. The van der Waals surface area contributed by atoms with Crippen LogP contribution in [0.1, 0.15) is 10.4 Å². The van der Waals surface area contributed by atoms with Gasteiger partial charge >= 0.3 is 5.97 Å². The number of hydrogen-bond donors (Lipinski definition) is 0. The van der Waals surface area contributed by atoms with Crippen LogP contribution in [0.5, 0.6) is 11.5 Å². The summed E-state index contributed by atoms with van der Waals surface area (Å²) in [5.41, 5.74) is 0.265. The van der Waals surface area contributed by atoms with Crippen molar-refractivity contribution in [3.05, 3.63) is 60.2 Å². The van der Waals surface area contributed by atoms with Crippen molar-refractivity contribution in [3.8, 4) is 11.5 Å². The highest BCUT2D eigenvalue weighted by atomic mass is 16.5. The van der Waals surface area contributed by atoms with E-state index >= 15 is 0 Å². The van der Waals surface area contributed by atoms with Crippen molar-refractivity contribution in [1.82, 2.24) is 0 Å². The van der Waals surface area contributed by atoms with E-state index in [9.17, 15) is 9.59 Å². The molecule has 0 unspecified atom stereocenters. The van der Waals surface area contributed by atoms with Crippen molar-refractivity contribution >= 4 is 12.3 Å². The quantitative estimate of drug-likeness (QED) is 0.608. The van der Waals surface area contributed by atoms with Gasteiger partial charge in [0.15, 0.2) is 6.61 Å². The number of benzene rings is 2. The van der Waals surface area contributed by atoms with Crippen LogP contribution in [0.15, 0.2) is 54.6 Å². The zero-order valence-corrected chi connectivity index (χ0v) is 10.0. The molecular weight excluding hydrogens is 244 g/mol. The van der Waals surface area contributed by atoms with Gasteiger partial charge in [-0.15, -0.1) is 0 Å². The Balaban J connectivity index is 2.16. The van der Waals surface area contributed by atoms with Gasteiger partial charge in [-0.1, -0.05) is 30.3 Å². The van der Waals surface area contributed by atoms with E-state index in [0.29, 0.717) is 11.5 Å². The fraction of sp³-hybridized carbons (Fsp3) is 0.0667. The number of rotatable bonds is 5. The fourth-order valence-electron chi connectivity index (χ4n) is 1.52. The molecule has 0 aromatic heterocycles. The summed E-state index contributed by atoms with van der Waals surface area (Å²) >= 11 is 0. The molecule has 1 radical (unpaired) electrons. The standard InChI is InChI=1S/C15H11O4/c16-10-11-18-14-9-5-4-8-13(14)15(17)19-12-6-2-1-3-7-12/h1-9H,11H2. The highest BCUT2D eigenvalue weighted by Crippen LogP contribution is 2.20. The highest BCUT2D eigenvalue weighted by Gasteiger charge is 2.14. The van der Waals surface area contributed by atoms with E-state index < -0.39 is 5.97 Å². The third-order valence-corrected chi connectivity index (χ3v) is 2.35. The molecule has 19 heavy (non-hydrogen) atoms. The summed E-state index contributed by atoms with van der Waals surface area (Å²) in [6.45, 7) is -0.227. The van der Waals surface area contributed by atoms with Gasteiger partial charge in [-0.25, -0.2) is 4.79 Å². The van der Waals surface area contributed by atoms with Crippen LogP contribution in [0.2, 0.25) is 0 Å². The molecule has 2 aromatic rings. The molecule has 0 aliphatic heterocycles. The molecule has 0 N–H and O–H groups in total. The van der Waals surface area contributed by atoms with Crippen molar-refractivity contribution < 1.29 is 19.1 Å². The lowest BCUT2D eigenvalue weighted by Crippen LogP contribution is -2.11. The molecular formula is C15H11O4. The predicted octanol–water partition coefficient (Wildman–Crippen LogP) is 2.39. The number of carbonyl (C=O) groups excluding carboxylic acids is 2. The first-order valence-corrected chi connectivity index (χ1v) is 5.65. The maximum Gasteiger partial charge on any atom is 0.347 e. The Labute approximate surface area is 110 Å². The van der Waals surface area contributed by atoms with Crippen molar-refractivity contribution in [2.45, 2.75) is 0 Å². The van der Waals surface area contributed by atoms with Gasteiger partial charge in [0, 0.05) is 0 Å². The second-order valence-electron chi connectivity index (χ2n) is 3.63. The third kappa shape index (κ3) is 3.42. The van der Waals surface area contributed by atoms with Crippen molar-refractivity contribution in [2.75, 3.05) is 6.61 Å². The Morgan fingerprint density at radius 2 is 1.68 bits per heavy atom. The predicted molar refractivity (Wildman–Crippen MR) is 69.0 cm³/mol. The number of carbonyl (C=O) groups is 1. The normalized spacial score (nSPS) is 9.68. The SMILES string of the molecule is O=[C]COc1ccccc1C(=O)Oc1ccccc1. The summed E-state index contributed by atoms with van der Waals surface area (Å²) in [5, 5.41) is 0. The van der Waals surface area contributed by atoms with Gasteiger partial charge in [0.1, 0.15) is 17.1 Å². The smallest absolute Gasteiger partial charge is 0.347 e.